The number of carbonyl (C=O) groups excluding carboxylic acids is 1. The van der Waals surface area contributed by atoms with Gasteiger partial charge in [-0.3, -0.25) is 4.79 Å². The van der Waals surface area contributed by atoms with Gasteiger partial charge in [0.15, 0.2) is 11.5 Å². The monoisotopic (exact) mass is 504 g/mol. The zero-order valence-electron chi connectivity index (χ0n) is 21.7. The molecule has 38 heavy (non-hydrogen) atoms. The lowest BCUT2D eigenvalue weighted by Crippen LogP contribution is -2.31. The molecule has 0 fully saturated rings. The second kappa shape index (κ2) is 11.7. The smallest absolute Gasteiger partial charge is 0.221 e. The average Bonchev–Trinajstić information content (AvgIpc) is 3.40. The predicted molar refractivity (Wildman–Crippen MR) is 152 cm³/mol. The van der Waals surface area contributed by atoms with E-state index in [2.05, 4.69) is 46.7 Å². The molecule has 5 rings (SSSR count). The highest BCUT2D eigenvalue weighted by Crippen LogP contribution is 2.38. The van der Waals surface area contributed by atoms with Crippen LogP contribution in [-0.4, -0.2) is 25.1 Å². The number of aromatic amines is 1. The van der Waals surface area contributed by atoms with Crippen molar-refractivity contribution in [3.05, 3.63) is 132 Å². The standard InChI is InChI=1S/C33H32N2O3/c1-37-31-18-17-25(20-32(31)38-2)27(28-22-34-29-16-10-9-15-26(28)29)21-33(36)35-30(24-13-7-4-8-14-24)19-23-11-5-3-6-12-23/h3-18,20,22,27,30,34H,19,21H2,1-2H3,(H,35,36)/t27-,30-/m0/s1. The molecule has 5 heteroatoms. The van der Waals surface area contributed by atoms with Gasteiger partial charge in [-0.25, -0.2) is 0 Å². The van der Waals surface area contributed by atoms with Crippen LogP contribution in [0, 0.1) is 0 Å². The number of aromatic nitrogens is 1. The van der Waals surface area contributed by atoms with Crippen LogP contribution in [0.1, 0.15) is 40.6 Å². The molecule has 192 valence electrons. The topological polar surface area (TPSA) is 63.3 Å². The number of ether oxygens (including phenoxy) is 2. The SMILES string of the molecule is COc1ccc([C@H](CC(=O)N[C@@H](Cc2ccccc2)c2ccccc2)c2c[nH]c3ccccc23)cc1OC. The molecule has 2 N–H and O–H groups in total. The number of amides is 1. The highest BCUT2D eigenvalue weighted by atomic mass is 16.5. The van der Waals surface area contributed by atoms with Gasteiger partial charge >= 0.3 is 0 Å². The van der Waals surface area contributed by atoms with E-state index in [1.165, 1.54) is 5.56 Å². The first-order chi connectivity index (χ1) is 18.7. The summed E-state index contributed by atoms with van der Waals surface area (Å²) in [6.07, 6.45) is 3.01. The summed E-state index contributed by atoms with van der Waals surface area (Å²) >= 11 is 0. The van der Waals surface area contributed by atoms with Gasteiger partial charge in [-0.2, -0.15) is 0 Å². The van der Waals surface area contributed by atoms with Gasteiger partial charge in [0.05, 0.1) is 20.3 Å². The molecule has 0 aliphatic rings. The van der Waals surface area contributed by atoms with Gasteiger partial charge in [-0.15, -0.1) is 0 Å². The molecule has 1 aromatic heterocycles. The molecule has 0 saturated heterocycles. The van der Waals surface area contributed by atoms with E-state index >= 15 is 0 Å². The lowest BCUT2D eigenvalue weighted by Gasteiger charge is -2.23. The summed E-state index contributed by atoms with van der Waals surface area (Å²) in [7, 11) is 3.25. The molecule has 5 aromatic rings. The minimum atomic E-state index is -0.181. The summed E-state index contributed by atoms with van der Waals surface area (Å²) in [5, 5.41) is 4.44. The van der Waals surface area contributed by atoms with E-state index in [1.807, 2.05) is 72.9 Å². The molecule has 0 saturated carbocycles. The minimum Gasteiger partial charge on any atom is -0.493 e. The van der Waals surface area contributed by atoms with E-state index in [0.717, 1.165) is 27.6 Å². The number of hydrogen-bond acceptors (Lipinski definition) is 3. The van der Waals surface area contributed by atoms with E-state index in [1.54, 1.807) is 14.2 Å². The lowest BCUT2D eigenvalue weighted by molar-refractivity contribution is -0.122. The summed E-state index contributed by atoms with van der Waals surface area (Å²) in [6.45, 7) is 0. The maximum Gasteiger partial charge on any atom is 0.221 e. The van der Waals surface area contributed by atoms with E-state index in [9.17, 15) is 4.79 Å². The number of nitrogens with one attached hydrogen (secondary N) is 2. The second-order valence-electron chi connectivity index (χ2n) is 9.38. The molecule has 0 radical (unpaired) electrons. The molecular weight excluding hydrogens is 472 g/mol. The molecule has 1 amide bonds. The van der Waals surface area contributed by atoms with Crippen molar-refractivity contribution in [3.63, 3.8) is 0 Å². The van der Waals surface area contributed by atoms with Gasteiger partial charge < -0.3 is 19.8 Å². The Kier molecular flexibility index (Phi) is 7.74. The van der Waals surface area contributed by atoms with Crippen LogP contribution in [0.5, 0.6) is 11.5 Å². The Morgan fingerprint density at radius 3 is 2.21 bits per heavy atom. The number of rotatable bonds is 10. The Labute approximate surface area is 223 Å². The van der Waals surface area contributed by atoms with E-state index in [-0.39, 0.29) is 24.3 Å². The Morgan fingerprint density at radius 2 is 1.47 bits per heavy atom. The van der Waals surface area contributed by atoms with E-state index in [0.29, 0.717) is 17.9 Å². The number of para-hydroxylation sites is 1. The van der Waals surface area contributed by atoms with Crippen molar-refractivity contribution in [2.45, 2.75) is 24.8 Å². The normalized spacial score (nSPS) is 12.6. The van der Waals surface area contributed by atoms with Crippen molar-refractivity contribution in [1.82, 2.24) is 10.3 Å². The number of hydrogen-bond donors (Lipinski definition) is 2. The summed E-state index contributed by atoms with van der Waals surface area (Å²) in [4.78, 5) is 17.1. The highest BCUT2D eigenvalue weighted by Gasteiger charge is 2.24. The van der Waals surface area contributed by atoms with Crippen molar-refractivity contribution < 1.29 is 14.3 Å². The van der Waals surface area contributed by atoms with Crippen LogP contribution in [0.3, 0.4) is 0 Å². The Morgan fingerprint density at radius 1 is 0.789 bits per heavy atom. The summed E-state index contributed by atoms with van der Waals surface area (Å²) in [5.74, 6) is 1.10. The van der Waals surface area contributed by atoms with Crippen molar-refractivity contribution >= 4 is 16.8 Å². The summed E-state index contributed by atoms with van der Waals surface area (Å²) < 4.78 is 11.1. The van der Waals surface area contributed by atoms with Gasteiger partial charge in [0.2, 0.25) is 5.91 Å². The molecule has 0 aliphatic carbocycles. The molecule has 0 spiro atoms. The van der Waals surface area contributed by atoms with Crippen LogP contribution in [0.2, 0.25) is 0 Å². The zero-order chi connectivity index (χ0) is 26.3. The number of fused-ring (bicyclic) bond motifs is 1. The van der Waals surface area contributed by atoms with Crippen molar-refractivity contribution in [2.24, 2.45) is 0 Å². The fourth-order valence-corrected chi connectivity index (χ4v) is 5.09. The van der Waals surface area contributed by atoms with Gasteiger partial charge in [0.25, 0.3) is 0 Å². The van der Waals surface area contributed by atoms with Gasteiger partial charge in [0.1, 0.15) is 0 Å². The average molecular weight is 505 g/mol. The largest absolute Gasteiger partial charge is 0.493 e. The third-order valence-corrected chi connectivity index (χ3v) is 7.02. The zero-order valence-corrected chi connectivity index (χ0v) is 21.7. The van der Waals surface area contributed by atoms with Crippen LogP contribution in [-0.2, 0) is 11.2 Å². The number of carbonyl (C=O) groups is 1. The lowest BCUT2D eigenvalue weighted by atomic mass is 9.87. The number of methoxy groups -OCH3 is 2. The Bertz CT molecular complexity index is 1500. The first kappa shape index (κ1) is 25.2. The molecule has 4 aromatic carbocycles. The third kappa shape index (κ3) is 5.57. The predicted octanol–water partition coefficient (Wildman–Crippen LogP) is 6.81. The molecule has 0 aliphatic heterocycles. The van der Waals surface area contributed by atoms with Crippen LogP contribution < -0.4 is 14.8 Å². The molecule has 2 atom stereocenters. The molecular formula is C33H32N2O3. The summed E-state index contributed by atoms with van der Waals surface area (Å²) in [5.41, 5.74) is 5.36. The summed E-state index contributed by atoms with van der Waals surface area (Å²) in [6, 6.07) is 34.3. The molecule has 5 nitrogen and oxygen atoms in total. The molecule has 1 heterocycles. The second-order valence-corrected chi connectivity index (χ2v) is 9.38. The first-order valence-electron chi connectivity index (χ1n) is 12.8. The Hall–Kier alpha value is -4.51. The molecule has 0 bridgehead atoms. The maximum atomic E-state index is 13.7. The van der Waals surface area contributed by atoms with Crippen LogP contribution in [0.4, 0.5) is 0 Å². The van der Waals surface area contributed by atoms with Crippen molar-refractivity contribution in [3.8, 4) is 11.5 Å². The third-order valence-electron chi connectivity index (χ3n) is 7.02. The Balaban J connectivity index is 1.47. The van der Waals surface area contributed by atoms with Gasteiger partial charge in [0, 0.05) is 29.4 Å². The van der Waals surface area contributed by atoms with Crippen LogP contribution >= 0.6 is 0 Å². The fraction of sp³-hybridized carbons (Fsp3) is 0.182. The van der Waals surface area contributed by atoms with Crippen molar-refractivity contribution in [1.29, 1.82) is 0 Å². The fourth-order valence-electron chi connectivity index (χ4n) is 5.09. The van der Waals surface area contributed by atoms with Gasteiger partial charge in [-0.1, -0.05) is 84.9 Å². The molecule has 0 unspecified atom stereocenters. The van der Waals surface area contributed by atoms with Crippen molar-refractivity contribution in [2.75, 3.05) is 14.2 Å². The van der Waals surface area contributed by atoms with E-state index in [4.69, 9.17) is 9.47 Å². The number of H-pyrrole nitrogens is 1. The van der Waals surface area contributed by atoms with E-state index < -0.39 is 0 Å². The van der Waals surface area contributed by atoms with Crippen LogP contribution in [0.25, 0.3) is 10.9 Å². The first-order valence-corrected chi connectivity index (χ1v) is 12.8. The maximum absolute atomic E-state index is 13.7. The van der Waals surface area contributed by atoms with Gasteiger partial charge in [-0.05, 0) is 46.9 Å². The van der Waals surface area contributed by atoms with Crippen LogP contribution in [0.15, 0.2) is 109 Å². The quantitative estimate of drug-likeness (QED) is 0.220. The number of benzene rings is 4. The minimum absolute atomic E-state index is 0.0140. The highest BCUT2D eigenvalue weighted by molar-refractivity contribution is 5.86.